The summed E-state index contributed by atoms with van der Waals surface area (Å²) in [7, 11) is 1.88. The molecule has 1 atom stereocenters. The van der Waals surface area contributed by atoms with E-state index >= 15 is 0 Å². The normalized spacial score (nSPS) is 19.5. The molecule has 1 saturated carbocycles. The van der Waals surface area contributed by atoms with Crippen molar-refractivity contribution in [3.05, 3.63) is 41.5 Å². The van der Waals surface area contributed by atoms with Gasteiger partial charge in [-0.2, -0.15) is 9.52 Å². The van der Waals surface area contributed by atoms with E-state index in [-0.39, 0.29) is 17.6 Å². The van der Waals surface area contributed by atoms with E-state index in [1.807, 2.05) is 18.1 Å². The van der Waals surface area contributed by atoms with E-state index in [1.165, 1.54) is 16.6 Å². The van der Waals surface area contributed by atoms with Gasteiger partial charge in [0.1, 0.15) is 18.2 Å². The van der Waals surface area contributed by atoms with Gasteiger partial charge in [0, 0.05) is 24.2 Å². The van der Waals surface area contributed by atoms with E-state index in [4.69, 9.17) is 4.74 Å². The number of rotatable bonds is 5. The Bertz CT molecular complexity index is 1080. The molecule has 150 valence electrons. The number of aromatic nitrogens is 4. The third-order valence-electron chi connectivity index (χ3n) is 5.38. The number of hydrazine groups is 1. The van der Waals surface area contributed by atoms with Crippen LogP contribution in [0.5, 0.6) is 5.88 Å². The van der Waals surface area contributed by atoms with Gasteiger partial charge in [-0.25, -0.2) is 8.78 Å². The number of likely N-dealkylation sites (N-methyl/N-ethyl adjacent to an activating group) is 1. The van der Waals surface area contributed by atoms with E-state index in [0.29, 0.717) is 24.1 Å². The molecule has 0 bridgehead atoms. The van der Waals surface area contributed by atoms with Gasteiger partial charge in [0.25, 0.3) is 0 Å². The standard InChI is InChI=1S/C19H19F2N7O/c1-27-17(22-10-23-27)9-29-19-15(11-3-2-4-11)8-16-24-25-18(28(16)26-19)12-5-13(20)7-14(21)6-12/h5-8,10-11,17H,2-4,9H2,1H3,(H,22,23). The third-order valence-corrected chi connectivity index (χ3v) is 5.38. The summed E-state index contributed by atoms with van der Waals surface area (Å²) in [5.74, 6) is -0.295. The summed E-state index contributed by atoms with van der Waals surface area (Å²) >= 11 is 0. The van der Waals surface area contributed by atoms with Crippen LogP contribution in [0.25, 0.3) is 17.0 Å². The van der Waals surface area contributed by atoms with Gasteiger partial charge < -0.3 is 10.2 Å². The van der Waals surface area contributed by atoms with E-state index < -0.39 is 11.6 Å². The highest BCUT2D eigenvalue weighted by Gasteiger charge is 2.27. The highest BCUT2D eigenvalue weighted by atomic mass is 19.1. The van der Waals surface area contributed by atoms with Crippen molar-refractivity contribution in [2.24, 2.45) is 4.99 Å². The van der Waals surface area contributed by atoms with Crippen molar-refractivity contribution in [2.45, 2.75) is 31.3 Å². The number of nitrogens with one attached hydrogen (secondary N) is 1. The summed E-state index contributed by atoms with van der Waals surface area (Å²) in [6, 6.07) is 5.12. The fourth-order valence-electron chi connectivity index (χ4n) is 3.52. The van der Waals surface area contributed by atoms with Gasteiger partial charge in [-0.3, -0.25) is 4.99 Å². The van der Waals surface area contributed by atoms with E-state index in [2.05, 4.69) is 25.7 Å². The Morgan fingerprint density at radius 2 is 1.93 bits per heavy atom. The molecule has 3 aromatic rings. The van der Waals surface area contributed by atoms with Gasteiger partial charge in [-0.05, 0) is 37.0 Å². The highest BCUT2D eigenvalue weighted by Crippen LogP contribution is 2.40. The van der Waals surface area contributed by atoms with Crippen LogP contribution in [0.15, 0.2) is 29.3 Å². The molecule has 10 heteroatoms. The van der Waals surface area contributed by atoms with Gasteiger partial charge in [0.2, 0.25) is 5.88 Å². The molecule has 0 saturated heterocycles. The maximum absolute atomic E-state index is 13.7. The Hall–Kier alpha value is -3.14. The number of hydrogen-bond acceptors (Lipinski definition) is 7. The Kier molecular flexibility index (Phi) is 4.35. The molecule has 3 heterocycles. The number of hydrogen-bond donors (Lipinski definition) is 1. The molecule has 1 aliphatic carbocycles. The number of nitrogens with zero attached hydrogens (tertiary/aromatic N) is 6. The molecular weight excluding hydrogens is 380 g/mol. The van der Waals surface area contributed by atoms with Crippen LogP contribution in [0.3, 0.4) is 0 Å². The molecule has 1 fully saturated rings. The minimum Gasteiger partial charge on any atom is -0.473 e. The number of benzene rings is 1. The number of halogens is 2. The predicted molar refractivity (Wildman–Crippen MR) is 101 cm³/mol. The Morgan fingerprint density at radius 3 is 2.59 bits per heavy atom. The van der Waals surface area contributed by atoms with Crippen LogP contribution in [0, 0.1) is 11.6 Å². The lowest BCUT2D eigenvalue weighted by Gasteiger charge is -2.27. The molecule has 29 heavy (non-hydrogen) atoms. The molecule has 2 aromatic heterocycles. The van der Waals surface area contributed by atoms with Crippen LogP contribution >= 0.6 is 0 Å². The SMILES string of the molecule is CN1NC=NC1COc1nn2c(-c3cc(F)cc(F)c3)nnc2cc1C1CCC1. The first-order valence-corrected chi connectivity index (χ1v) is 9.45. The molecule has 0 spiro atoms. The minimum atomic E-state index is -0.686. The molecule has 0 amide bonds. The molecule has 1 aliphatic heterocycles. The smallest absolute Gasteiger partial charge is 0.235 e. The van der Waals surface area contributed by atoms with Crippen molar-refractivity contribution in [3.8, 4) is 17.3 Å². The fraction of sp³-hybridized carbons (Fsp3) is 0.368. The Balaban J connectivity index is 1.55. The first-order valence-electron chi connectivity index (χ1n) is 9.45. The predicted octanol–water partition coefficient (Wildman–Crippen LogP) is 2.52. The largest absolute Gasteiger partial charge is 0.473 e. The maximum atomic E-state index is 13.7. The van der Waals surface area contributed by atoms with Crippen LogP contribution in [0.4, 0.5) is 8.78 Å². The van der Waals surface area contributed by atoms with Gasteiger partial charge in [-0.15, -0.1) is 15.3 Å². The summed E-state index contributed by atoms with van der Waals surface area (Å²) in [5, 5.41) is 14.7. The molecular formula is C19H19F2N7O. The summed E-state index contributed by atoms with van der Waals surface area (Å²) < 4.78 is 34.9. The molecule has 2 aliphatic rings. The maximum Gasteiger partial charge on any atom is 0.235 e. The lowest BCUT2D eigenvalue weighted by atomic mass is 9.80. The van der Waals surface area contributed by atoms with Crippen molar-refractivity contribution in [3.63, 3.8) is 0 Å². The van der Waals surface area contributed by atoms with Crippen LogP contribution in [-0.2, 0) is 0 Å². The van der Waals surface area contributed by atoms with E-state index in [0.717, 1.165) is 30.9 Å². The van der Waals surface area contributed by atoms with E-state index in [1.54, 1.807) is 6.34 Å². The Morgan fingerprint density at radius 1 is 1.14 bits per heavy atom. The molecule has 1 N–H and O–H groups in total. The topological polar surface area (TPSA) is 79.9 Å². The second-order valence-corrected chi connectivity index (χ2v) is 7.29. The minimum absolute atomic E-state index is 0.167. The quantitative estimate of drug-likeness (QED) is 0.710. The van der Waals surface area contributed by atoms with Crippen molar-refractivity contribution in [2.75, 3.05) is 13.7 Å². The molecule has 1 aromatic carbocycles. The van der Waals surface area contributed by atoms with Gasteiger partial charge in [-0.1, -0.05) is 6.42 Å². The van der Waals surface area contributed by atoms with Gasteiger partial charge >= 0.3 is 0 Å². The average molecular weight is 399 g/mol. The number of ether oxygens (including phenoxy) is 1. The van der Waals surface area contributed by atoms with Crippen LogP contribution in [0.1, 0.15) is 30.7 Å². The van der Waals surface area contributed by atoms with Crippen molar-refractivity contribution in [1.82, 2.24) is 30.2 Å². The van der Waals surface area contributed by atoms with E-state index in [9.17, 15) is 8.78 Å². The Labute approximate surface area is 165 Å². The summed E-state index contributed by atoms with van der Waals surface area (Å²) in [5.41, 5.74) is 4.72. The van der Waals surface area contributed by atoms with Crippen LogP contribution < -0.4 is 10.2 Å². The molecule has 8 nitrogen and oxygen atoms in total. The van der Waals surface area contributed by atoms with Crippen molar-refractivity contribution >= 4 is 12.0 Å². The second-order valence-electron chi connectivity index (χ2n) is 7.29. The zero-order valence-corrected chi connectivity index (χ0v) is 15.7. The number of fused-ring (bicyclic) bond motifs is 1. The first-order chi connectivity index (χ1) is 14.1. The zero-order valence-electron chi connectivity index (χ0n) is 15.7. The highest BCUT2D eigenvalue weighted by molar-refractivity contribution is 5.60. The van der Waals surface area contributed by atoms with Gasteiger partial charge in [0.15, 0.2) is 17.6 Å². The fourth-order valence-corrected chi connectivity index (χ4v) is 3.52. The summed E-state index contributed by atoms with van der Waals surface area (Å²) in [4.78, 5) is 4.30. The lowest BCUT2D eigenvalue weighted by Crippen LogP contribution is -2.38. The second kappa shape index (κ2) is 7.03. The number of aliphatic imine (C=N–C) groups is 1. The average Bonchev–Trinajstić information content (AvgIpc) is 3.23. The monoisotopic (exact) mass is 399 g/mol. The van der Waals surface area contributed by atoms with Crippen LogP contribution in [0.2, 0.25) is 0 Å². The molecule has 5 rings (SSSR count). The van der Waals surface area contributed by atoms with Crippen molar-refractivity contribution in [1.29, 1.82) is 0 Å². The molecule has 0 radical (unpaired) electrons. The van der Waals surface area contributed by atoms with Crippen molar-refractivity contribution < 1.29 is 13.5 Å². The first kappa shape index (κ1) is 17.9. The third kappa shape index (κ3) is 3.29. The lowest BCUT2D eigenvalue weighted by molar-refractivity contribution is 0.156. The zero-order chi connectivity index (χ0) is 20.0. The van der Waals surface area contributed by atoms with Gasteiger partial charge in [0.05, 0.1) is 6.34 Å². The van der Waals surface area contributed by atoms with Crippen LogP contribution in [-0.4, -0.2) is 51.0 Å². The summed E-state index contributed by atoms with van der Waals surface area (Å²) in [6.45, 7) is 0.310. The summed E-state index contributed by atoms with van der Waals surface area (Å²) in [6.07, 6.45) is 4.74. The molecule has 1 unspecified atom stereocenters.